The van der Waals surface area contributed by atoms with Crippen LogP contribution in [0.25, 0.3) is 22.2 Å². The number of rotatable bonds is 10. The molecule has 3 N–H and O–H groups in total. The minimum absolute atomic E-state index is 0.167. The molecule has 4 aromatic rings. The molecule has 9 heteroatoms. The lowest BCUT2D eigenvalue weighted by Gasteiger charge is -2.24. The van der Waals surface area contributed by atoms with E-state index in [1.165, 1.54) is 23.1 Å². The molecule has 0 spiro atoms. The fraction of sp³-hybridized carbons (Fsp3) is 0.276. The molecule has 0 saturated heterocycles. The Morgan fingerprint density at radius 2 is 2.21 bits per heavy atom. The first-order valence-corrected chi connectivity index (χ1v) is 12.5. The summed E-state index contributed by atoms with van der Waals surface area (Å²) in [6, 6.07) is 11.5. The average molecular weight is 515 g/mol. The number of ether oxygens (including phenoxy) is 1. The van der Waals surface area contributed by atoms with E-state index in [1.54, 1.807) is 25.4 Å². The minimum atomic E-state index is -2.47. The Hall–Kier alpha value is -4.37. The fourth-order valence-corrected chi connectivity index (χ4v) is 4.84. The van der Waals surface area contributed by atoms with Crippen LogP contribution in [0.2, 0.25) is 0 Å². The van der Waals surface area contributed by atoms with Gasteiger partial charge in [0.1, 0.15) is 5.75 Å². The predicted molar refractivity (Wildman–Crippen MR) is 154 cm³/mol. The summed E-state index contributed by atoms with van der Waals surface area (Å²) in [4.78, 5) is 22.8. The summed E-state index contributed by atoms with van der Waals surface area (Å²) in [5.41, 5.74) is 5.38. The van der Waals surface area contributed by atoms with E-state index >= 15 is 0 Å². The van der Waals surface area contributed by atoms with E-state index in [9.17, 15) is 4.79 Å². The lowest BCUT2D eigenvalue weighted by Crippen LogP contribution is -2.28. The number of carbonyl (C=O) groups is 1. The number of methoxy groups -OCH3 is 1. The van der Waals surface area contributed by atoms with Crippen molar-refractivity contribution in [3.05, 3.63) is 67.0 Å². The van der Waals surface area contributed by atoms with Crippen LogP contribution in [0.1, 0.15) is 16.1 Å². The van der Waals surface area contributed by atoms with Gasteiger partial charge in [-0.25, -0.2) is 9.97 Å². The monoisotopic (exact) mass is 514 g/mol. The van der Waals surface area contributed by atoms with E-state index in [2.05, 4.69) is 56.5 Å². The van der Waals surface area contributed by atoms with E-state index in [-0.39, 0.29) is 17.9 Å². The third kappa shape index (κ3) is 4.92. The summed E-state index contributed by atoms with van der Waals surface area (Å²) in [6.07, 6.45) is 7.12. The van der Waals surface area contributed by atoms with Crippen LogP contribution in [0, 0.1) is 0 Å². The van der Waals surface area contributed by atoms with Crippen LogP contribution in [0.15, 0.2) is 61.4 Å². The quantitative estimate of drug-likeness (QED) is 0.267. The zero-order chi connectivity index (χ0) is 29.1. The Morgan fingerprint density at radius 1 is 1.32 bits per heavy atom. The zero-order valence-corrected chi connectivity index (χ0v) is 21.5. The van der Waals surface area contributed by atoms with E-state index < -0.39 is 12.9 Å². The van der Waals surface area contributed by atoms with E-state index in [4.69, 9.17) is 13.8 Å². The highest BCUT2D eigenvalue weighted by Gasteiger charge is 2.19. The Kier molecular flexibility index (Phi) is 6.24. The molecule has 38 heavy (non-hydrogen) atoms. The SMILES string of the molecule is [2H]C([2H])([2H])N(CCNC)c1cc(OC)c(Nc2nccc(-c3cn4c5c(cccc35)CCC4)n2)cc1NC(=O)C=C. The number of para-hydroxylation sites is 1. The highest BCUT2D eigenvalue weighted by molar-refractivity contribution is 6.02. The van der Waals surface area contributed by atoms with Gasteiger partial charge in [0.2, 0.25) is 11.9 Å². The molecule has 0 unspecified atom stereocenters. The molecule has 0 bridgehead atoms. The summed E-state index contributed by atoms with van der Waals surface area (Å²) < 4.78 is 32.3. The number of amides is 1. The molecule has 0 fully saturated rings. The number of hydrogen-bond acceptors (Lipinski definition) is 7. The predicted octanol–water partition coefficient (Wildman–Crippen LogP) is 4.58. The minimum Gasteiger partial charge on any atom is -0.494 e. The van der Waals surface area contributed by atoms with Crippen LogP contribution in [-0.2, 0) is 17.8 Å². The normalized spacial score (nSPS) is 13.8. The molecule has 2 aromatic heterocycles. The molecular formula is C29H33N7O2. The first-order valence-electron chi connectivity index (χ1n) is 14.0. The maximum atomic E-state index is 12.3. The molecule has 0 atom stereocenters. The molecule has 1 aliphatic rings. The second-order valence-electron chi connectivity index (χ2n) is 9.06. The van der Waals surface area contributed by atoms with Crippen molar-refractivity contribution >= 4 is 39.8 Å². The van der Waals surface area contributed by atoms with Gasteiger partial charge in [0, 0.05) is 60.1 Å². The van der Waals surface area contributed by atoms with Crippen LogP contribution in [0.5, 0.6) is 5.75 Å². The number of benzene rings is 2. The Labute approximate surface area is 226 Å². The van der Waals surface area contributed by atoms with Crippen molar-refractivity contribution in [2.75, 3.05) is 49.8 Å². The molecule has 1 amide bonds. The third-order valence-electron chi connectivity index (χ3n) is 6.64. The van der Waals surface area contributed by atoms with Crippen molar-refractivity contribution in [3.63, 3.8) is 0 Å². The Bertz CT molecular complexity index is 1600. The number of carbonyl (C=O) groups excluding carboxylic acids is 1. The molecule has 0 saturated carbocycles. The fourth-order valence-electron chi connectivity index (χ4n) is 4.84. The van der Waals surface area contributed by atoms with Crippen molar-refractivity contribution in [2.24, 2.45) is 0 Å². The first kappa shape index (κ1) is 21.7. The number of aryl methyl sites for hydroxylation is 2. The van der Waals surface area contributed by atoms with Crippen molar-refractivity contribution in [2.45, 2.75) is 19.4 Å². The molecule has 0 aliphatic carbocycles. The van der Waals surface area contributed by atoms with Crippen molar-refractivity contribution in [1.29, 1.82) is 0 Å². The van der Waals surface area contributed by atoms with Crippen molar-refractivity contribution in [1.82, 2.24) is 19.9 Å². The van der Waals surface area contributed by atoms with Gasteiger partial charge in [-0.15, -0.1) is 0 Å². The molecule has 0 radical (unpaired) electrons. The lowest BCUT2D eigenvalue weighted by molar-refractivity contribution is -0.111. The Balaban J connectivity index is 1.55. The van der Waals surface area contributed by atoms with E-state index in [0.29, 0.717) is 23.9 Å². The van der Waals surface area contributed by atoms with Gasteiger partial charge >= 0.3 is 0 Å². The lowest BCUT2D eigenvalue weighted by atomic mass is 10.0. The van der Waals surface area contributed by atoms with Crippen LogP contribution < -0.4 is 25.6 Å². The molecule has 3 heterocycles. The zero-order valence-electron chi connectivity index (χ0n) is 24.5. The van der Waals surface area contributed by atoms with Crippen LogP contribution in [0.4, 0.5) is 23.0 Å². The van der Waals surface area contributed by atoms with Gasteiger partial charge in [-0.3, -0.25) is 4.79 Å². The largest absolute Gasteiger partial charge is 0.494 e. The second-order valence-corrected chi connectivity index (χ2v) is 9.06. The van der Waals surface area contributed by atoms with Crippen LogP contribution in [-0.4, -0.2) is 54.7 Å². The average Bonchev–Trinajstić information content (AvgIpc) is 3.34. The second kappa shape index (κ2) is 10.9. The molecular weight excluding hydrogens is 478 g/mol. The first-order chi connectivity index (χ1) is 19.7. The molecule has 9 nitrogen and oxygen atoms in total. The van der Waals surface area contributed by atoms with Gasteiger partial charge in [-0.1, -0.05) is 24.8 Å². The molecule has 196 valence electrons. The van der Waals surface area contributed by atoms with Crippen LogP contribution in [0.3, 0.4) is 0 Å². The smallest absolute Gasteiger partial charge is 0.247 e. The summed E-state index contributed by atoms with van der Waals surface area (Å²) in [5.74, 6) is 0.202. The van der Waals surface area contributed by atoms with Gasteiger partial charge in [0.15, 0.2) is 0 Å². The van der Waals surface area contributed by atoms with Gasteiger partial charge in [-0.05, 0) is 43.7 Å². The standard InChI is InChI=1S/C29H33N7O2/c1-5-27(37)32-23-16-24(26(38-4)17-25(23)35(3)15-13-30-2)34-29-31-12-11-22(33-29)21-18-36-14-7-9-19-8-6-10-20(21)28(19)36/h5-6,8,10-12,16-18,30H,1,7,9,13-15H2,2-4H3,(H,32,37)(H,31,33,34)/i3D3. The maximum Gasteiger partial charge on any atom is 0.247 e. The highest BCUT2D eigenvalue weighted by Crippen LogP contribution is 2.39. The summed E-state index contributed by atoms with van der Waals surface area (Å²) >= 11 is 0. The van der Waals surface area contributed by atoms with Gasteiger partial charge in [-0.2, -0.15) is 0 Å². The summed E-state index contributed by atoms with van der Waals surface area (Å²) in [7, 11) is 3.23. The molecule has 5 rings (SSSR count). The number of nitrogens with zero attached hydrogens (tertiary/aromatic N) is 4. The van der Waals surface area contributed by atoms with E-state index in [0.717, 1.165) is 42.1 Å². The summed E-state index contributed by atoms with van der Waals surface area (Å²) in [6.45, 7) is 2.60. The van der Waals surface area contributed by atoms with E-state index in [1.807, 2.05) is 6.07 Å². The Morgan fingerprint density at radius 3 is 3.00 bits per heavy atom. The van der Waals surface area contributed by atoms with Crippen LogP contribution >= 0.6 is 0 Å². The maximum absolute atomic E-state index is 12.3. The number of hydrogen-bond donors (Lipinski definition) is 3. The molecule has 2 aromatic carbocycles. The third-order valence-corrected chi connectivity index (χ3v) is 6.64. The van der Waals surface area contributed by atoms with Gasteiger partial charge in [0.05, 0.1) is 35.4 Å². The van der Waals surface area contributed by atoms with Gasteiger partial charge in [0.25, 0.3) is 0 Å². The number of likely N-dealkylation sites (N-methyl/N-ethyl adjacent to an activating group) is 2. The van der Waals surface area contributed by atoms with Crippen molar-refractivity contribution in [3.8, 4) is 17.0 Å². The summed E-state index contributed by atoms with van der Waals surface area (Å²) in [5, 5.41) is 10.1. The number of nitrogens with one attached hydrogen (secondary N) is 3. The topological polar surface area (TPSA) is 96.3 Å². The van der Waals surface area contributed by atoms with Crippen molar-refractivity contribution < 1.29 is 13.6 Å². The number of aromatic nitrogens is 3. The number of anilines is 4. The molecule has 1 aliphatic heterocycles. The van der Waals surface area contributed by atoms with Gasteiger partial charge < -0.3 is 30.2 Å². The highest BCUT2D eigenvalue weighted by atomic mass is 16.5.